The van der Waals surface area contributed by atoms with Gasteiger partial charge in [-0.05, 0) is 145 Å². The van der Waals surface area contributed by atoms with Crippen LogP contribution in [0, 0.1) is 17.3 Å². The molecule has 0 amide bonds. The summed E-state index contributed by atoms with van der Waals surface area (Å²) in [6.45, 7) is 0. The van der Waals surface area contributed by atoms with Gasteiger partial charge in [0, 0.05) is 83.8 Å². The SMILES string of the molecule is [2H]N=P.[AlH][O]c1cccc2cccnc12.[Ir].[c-]1cc2oc3cccnc3c2cc1-c1ccccn1.[c-]1ccccc1-c1ccccn1.c1ccc(N(c2ccc(-c3ccc(N(c4ccccc4)c4cccc5ccccc45)cc3)cc2)c2cccc3ccccc23)cc1. The van der Waals surface area contributed by atoms with Crippen molar-refractivity contribution in [3.8, 4) is 39.4 Å². The van der Waals surface area contributed by atoms with Crippen LogP contribution in [0.1, 0.15) is 0 Å². The third-order valence-corrected chi connectivity index (χ3v) is 15.4. The second kappa shape index (κ2) is 31.1. The number of nitrogens with zero attached hydrogens (tertiary/aromatic N) is 6. The van der Waals surface area contributed by atoms with Gasteiger partial charge in [-0.25, -0.2) is 0 Å². The zero-order valence-corrected chi connectivity index (χ0v) is 54.6. The molecular weight excluding hydrogens is 1340 g/mol. The molecule has 0 saturated carbocycles. The zero-order chi connectivity index (χ0) is 62.7. The summed E-state index contributed by atoms with van der Waals surface area (Å²) in [4.78, 5) is 21.9. The van der Waals surface area contributed by atoms with Crippen LogP contribution in [0.25, 0.3) is 88.2 Å². The van der Waals surface area contributed by atoms with Crippen LogP contribution in [0.15, 0.2) is 339 Å². The van der Waals surface area contributed by atoms with Gasteiger partial charge in [-0.2, -0.15) is 0 Å². The van der Waals surface area contributed by atoms with Crippen LogP contribution in [-0.2, 0) is 20.1 Å². The Morgan fingerprint density at radius 2 is 0.859 bits per heavy atom. The number of pyridine rings is 4. The molecule has 0 saturated heterocycles. The van der Waals surface area contributed by atoms with E-state index in [0.29, 0.717) is 0 Å². The van der Waals surface area contributed by atoms with Crippen molar-refractivity contribution < 1.29 is 29.7 Å². The monoisotopic (exact) mass is 1400 g/mol. The van der Waals surface area contributed by atoms with Crippen molar-refractivity contribution in [2.45, 2.75) is 0 Å². The maximum Gasteiger partial charge on any atom is 0.494 e. The van der Waals surface area contributed by atoms with Gasteiger partial charge in [0.15, 0.2) is 1.41 Å². The Kier molecular flexibility index (Phi) is 20.8. The molecule has 0 spiro atoms. The molecule has 1 N–H and O–H groups in total. The van der Waals surface area contributed by atoms with Crippen molar-refractivity contribution in [2.24, 2.45) is 0 Å². The van der Waals surface area contributed by atoms with E-state index in [9.17, 15) is 0 Å². The third-order valence-electron chi connectivity index (χ3n) is 15.1. The molecular formula is C80H58AlIrN7O2P-2. The first-order valence-electron chi connectivity index (χ1n) is 29.9. The molecule has 0 aliphatic carbocycles. The van der Waals surface area contributed by atoms with E-state index in [1.54, 1.807) is 24.8 Å². The van der Waals surface area contributed by atoms with Crippen LogP contribution in [0.2, 0.25) is 1.41 Å². The summed E-state index contributed by atoms with van der Waals surface area (Å²) < 4.78 is 16.7. The number of hydrogen-bond acceptors (Lipinski definition) is 9. The number of nitrogens with one attached hydrogen (secondary N) is 1. The van der Waals surface area contributed by atoms with Crippen LogP contribution >= 0.6 is 9.03 Å². The van der Waals surface area contributed by atoms with Crippen molar-refractivity contribution in [2.75, 3.05) is 9.80 Å². The van der Waals surface area contributed by atoms with Gasteiger partial charge >= 0.3 is 16.6 Å². The second-order valence-electron chi connectivity index (χ2n) is 20.7. The molecule has 9 nitrogen and oxygen atoms in total. The molecule has 0 aliphatic heterocycles. The second-order valence-corrected chi connectivity index (χ2v) is 21.0. The first-order chi connectivity index (χ1) is 45.5. The fraction of sp³-hybridized carbons (Fsp3) is 0. The van der Waals surface area contributed by atoms with Gasteiger partial charge in [0.25, 0.3) is 0 Å². The number of aromatic nitrogens is 4. The van der Waals surface area contributed by atoms with Crippen molar-refractivity contribution in [3.63, 3.8) is 0 Å². The number of benzene rings is 11. The van der Waals surface area contributed by atoms with Crippen LogP contribution in [0.4, 0.5) is 34.1 Å². The molecule has 0 unspecified atom stereocenters. The summed E-state index contributed by atoms with van der Waals surface area (Å²) in [5, 5.41) is 9.57. The molecule has 2 radical (unpaired) electrons. The van der Waals surface area contributed by atoms with Crippen molar-refractivity contribution in [3.05, 3.63) is 346 Å². The van der Waals surface area contributed by atoms with E-state index >= 15 is 0 Å². The quantitative estimate of drug-likeness (QED) is 0.0820. The Bertz CT molecular complexity index is 4810. The molecule has 12 heteroatoms. The molecule has 16 rings (SSSR count). The Morgan fingerprint density at radius 1 is 0.402 bits per heavy atom. The predicted molar refractivity (Wildman–Crippen MR) is 379 cm³/mol. The van der Waals surface area contributed by atoms with E-state index in [4.69, 9.17) is 9.62 Å². The molecule has 5 aromatic heterocycles. The Hall–Kier alpha value is -10.7. The van der Waals surface area contributed by atoms with Gasteiger partial charge in [0.1, 0.15) is 16.8 Å². The normalized spacial score (nSPS) is 10.5. The van der Waals surface area contributed by atoms with E-state index in [1.807, 2.05) is 115 Å². The summed E-state index contributed by atoms with van der Waals surface area (Å²) in [6, 6.07) is 113. The maximum absolute atomic E-state index is 5.75. The fourth-order valence-electron chi connectivity index (χ4n) is 10.9. The average molecular weight is 1400 g/mol. The Balaban J connectivity index is 0.000000152. The van der Waals surface area contributed by atoms with Gasteiger partial charge in [-0.1, -0.05) is 176 Å². The first-order valence-corrected chi connectivity index (χ1v) is 30.5. The minimum atomic E-state index is 0. The number of fused-ring (bicyclic) bond motifs is 6. The molecule has 16 aromatic rings. The minimum Gasteiger partial charge on any atom is -0.649 e. The summed E-state index contributed by atoms with van der Waals surface area (Å²) in [5.74, 6) is 0.839. The standard InChI is InChI=1S/C44H32N2.C16H9N2O.C11H8N.C9H7NO.Al.Ir.H2NP.H/c1-3-17-37(18-4-1)45(43-23-11-15-35-13-7-9-21-41(35)43)39-29-25-33(26-30-39)34-27-31-40(32-28-34)46(38-19-5-2-6-20-38)44-24-12-16-36-14-8-10-22-42(36)44;1-2-8-17-13(4-1)11-6-7-14-12(10-11)16-15(19-14)5-3-9-18-16;1-2-6-10(7-3-1)11-8-4-5-9-12-11;11-8-5-1-3-7-4-2-6-10-9(7)8;;;1-2;/h1-32H;1-5,7-10H;1-6,8-9H;1-6,11H;;;1-2H;/q;2*-1;;+1;;;/p-1/i/hD. The van der Waals surface area contributed by atoms with Crippen LogP contribution in [-0.4, -0.2) is 36.6 Å². The number of anilines is 6. The third kappa shape index (κ3) is 14.6. The van der Waals surface area contributed by atoms with Gasteiger partial charge in [-0.3, -0.25) is 15.1 Å². The topological polar surface area (TPSA) is 104 Å². The number of rotatable bonds is 10. The summed E-state index contributed by atoms with van der Waals surface area (Å²) in [7, 11) is 2.48. The van der Waals surface area contributed by atoms with Gasteiger partial charge < -0.3 is 28.0 Å². The summed E-state index contributed by atoms with van der Waals surface area (Å²) in [5.41, 5.74) is 16.4. The molecule has 0 bridgehead atoms. The molecule has 0 fully saturated rings. The van der Waals surface area contributed by atoms with Gasteiger partial charge in [0.2, 0.25) is 0 Å². The Morgan fingerprint density at radius 3 is 1.40 bits per heavy atom. The summed E-state index contributed by atoms with van der Waals surface area (Å²) in [6.07, 6.45) is 7.11. The molecule has 0 atom stereocenters. The number of hydrogen-bond donors (Lipinski definition) is 1. The molecule has 11 aromatic carbocycles. The van der Waals surface area contributed by atoms with Crippen molar-refractivity contribution in [1.29, 1.82) is 5.15 Å². The number of para-hydroxylation sites is 3. The zero-order valence-electron chi connectivity index (χ0n) is 50.7. The summed E-state index contributed by atoms with van der Waals surface area (Å²) >= 11 is 1.47. The van der Waals surface area contributed by atoms with Gasteiger partial charge in [0.05, 0.1) is 22.5 Å². The van der Waals surface area contributed by atoms with Crippen LogP contribution in [0.3, 0.4) is 0 Å². The smallest absolute Gasteiger partial charge is 0.494 e. The Labute approximate surface area is 560 Å². The van der Waals surface area contributed by atoms with E-state index in [-0.39, 0.29) is 20.1 Å². The van der Waals surface area contributed by atoms with Crippen LogP contribution < -0.4 is 13.6 Å². The maximum atomic E-state index is 5.75. The molecule has 5 heterocycles. The number of furan rings is 1. The molecule has 0 aliphatic rings. The average Bonchev–Trinajstić information content (AvgIpc) is 1.91. The fourth-order valence-corrected chi connectivity index (χ4v) is 11.1. The van der Waals surface area contributed by atoms with E-state index in [2.05, 4.69) is 250 Å². The molecule has 92 heavy (non-hydrogen) atoms. The largest absolute Gasteiger partial charge is 0.649 e. The predicted octanol–water partition coefficient (Wildman–Crippen LogP) is 21.3. The van der Waals surface area contributed by atoms with Gasteiger partial charge in [-0.15, -0.1) is 59.7 Å². The molecule has 444 valence electrons. The van der Waals surface area contributed by atoms with E-state index in [1.165, 1.54) is 49.3 Å². The minimum absolute atomic E-state index is 0. The van der Waals surface area contributed by atoms with Crippen molar-refractivity contribution >= 4 is 114 Å². The first kappa shape index (κ1) is 61.5. The van der Waals surface area contributed by atoms with Crippen LogP contribution in [0.5, 0.6) is 5.75 Å². The van der Waals surface area contributed by atoms with E-state index in [0.717, 1.165) is 95.4 Å². The van der Waals surface area contributed by atoms with E-state index < -0.39 is 0 Å². The van der Waals surface area contributed by atoms with Crippen molar-refractivity contribution in [1.82, 2.24) is 19.9 Å².